The number of aliphatic hydroxyl groups is 1. The van der Waals surface area contributed by atoms with Gasteiger partial charge >= 0.3 is 0 Å². The topological polar surface area (TPSA) is 75.4 Å². The molecule has 0 aromatic heterocycles. The summed E-state index contributed by atoms with van der Waals surface area (Å²) < 4.78 is 0. The van der Waals surface area contributed by atoms with Crippen LogP contribution >= 0.6 is 11.6 Å². The summed E-state index contributed by atoms with van der Waals surface area (Å²) in [6.07, 6.45) is 0. The van der Waals surface area contributed by atoms with E-state index in [-0.39, 0.29) is 17.7 Å². The molecule has 0 aliphatic rings. The monoisotopic (exact) mass is 258 g/mol. The van der Waals surface area contributed by atoms with E-state index in [1.165, 1.54) is 6.07 Å². The summed E-state index contributed by atoms with van der Waals surface area (Å²) in [4.78, 5) is 10.3. The number of nitrogens with zero attached hydrogens (tertiary/aromatic N) is 1. The Morgan fingerprint density at radius 2 is 2.18 bits per heavy atom. The fourth-order valence-electron chi connectivity index (χ4n) is 1.20. The Balaban J connectivity index is 2.88. The van der Waals surface area contributed by atoms with Gasteiger partial charge in [0.05, 0.1) is 4.92 Å². The molecule has 0 aliphatic heterocycles. The molecule has 6 heteroatoms. The van der Waals surface area contributed by atoms with E-state index >= 15 is 0 Å². The van der Waals surface area contributed by atoms with Crippen molar-refractivity contribution in [1.29, 1.82) is 0 Å². The standard InChI is InChI=1S/C11H15ClN2O3/c1-11(2,7-15)6-13-9-4-3-8(12)5-10(9)14(16)17/h3-5,13,15H,6-7H2,1-2H3. The number of nitro benzene ring substituents is 1. The molecule has 0 fully saturated rings. The van der Waals surface area contributed by atoms with Crippen LogP contribution in [0.4, 0.5) is 11.4 Å². The van der Waals surface area contributed by atoms with E-state index in [0.29, 0.717) is 17.3 Å². The van der Waals surface area contributed by atoms with Crippen LogP contribution in [0.15, 0.2) is 18.2 Å². The summed E-state index contributed by atoms with van der Waals surface area (Å²) in [6, 6.07) is 4.45. The Kier molecular flexibility index (Phi) is 4.31. The lowest BCUT2D eigenvalue weighted by atomic mass is 9.95. The van der Waals surface area contributed by atoms with Gasteiger partial charge in [-0.3, -0.25) is 10.1 Å². The third-order valence-corrected chi connectivity index (χ3v) is 2.58. The summed E-state index contributed by atoms with van der Waals surface area (Å²) in [7, 11) is 0. The van der Waals surface area contributed by atoms with Gasteiger partial charge in [-0.05, 0) is 12.1 Å². The molecule has 0 bridgehead atoms. The number of benzene rings is 1. The molecule has 0 heterocycles. The van der Waals surface area contributed by atoms with Crippen LogP contribution in [-0.2, 0) is 0 Å². The van der Waals surface area contributed by atoms with Crippen LogP contribution in [0, 0.1) is 15.5 Å². The smallest absolute Gasteiger partial charge is 0.293 e. The average molecular weight is 259 g/mol. The van der Waals surface area contributed by atoms with Crippen molar-refractivity contribution in [2.75, 3.05) is 18.5 Å². The number of aliphatic hydroxyl groups excluding tert-OH is 1. The lowest BCUT2D eigenvalue weighted by Crippen LogP contribution is -2.27. The number of nitro groups is 1. The van der Waals surface area contributed by atoms with Gasteiger partial charge in [0.25, 0.3) is 5.69 Å². The van der Waals surface area contributed by atoms with Crippen LogP contribution in [0.1, 0.15) is 13.8 Å². The number of anilines is 1. The van der Waals surface area contributed by atoms with Crippen molar-refractivity contribution >= 4 is 23.0 Å². The Bertz CT molecular complexity index is 421. The summed E-state index contributed by atoms with van der Waals surface area (Å²) in [6.45, 7) is 4.16. The van der Waals surface area contributed by atoms with Gasteiger partial charge in [-0.25, -0.2) is 0 Å². The second kappa shape index (κ2) is 5.33. The number of halogens is 1. The molecule has 0 amide bonds. The second-order valence-electron chi connectivity index (χ2n) is 4.59. The normalized spacial score (nSPS) is 11.3. The van der Waals surface area contributed by atoms with Crippen molar-refractivity contribution in [2.45, 2.75) is 13.8 Å². The molecule has 1 aromatic rings. The van der Waals surface area contributed by atoms with E-state index < -0.39 is 4.92 Å². The molecule has 0 spiro atoms. The van der Waals surface area contributed by atoms with Crippen LogP contribution in [-0.4, -0.2) is 23.2 Å². The van der Waals surface area contributed by atoms with Crippen molar-refractivity contribution < 1.29 is 10.0 Å². The predicted octanol–water partition coefficient (Wildman–Crippen LogP) is 2.68. The Morgan fingerprint density at radius 3 is 2.71 bits per heavy atom. The largest absolute Gasteiger partial charge is 0.396 e. The SMILES string of the molecule is CC(C)(CO)CNc1ccc(Cl)cc1[N+](=O)[O-]. The van der Waals surface area contributed by atoms with Gasteiger partial charge in [-0.1, -0.05) is 25.4 Å². The minimum absolute atomic E-state index is 0.00138. The molecule has 1 rings (SSSR count). The second-order valence-corrected chi connectivity index (χ2v) is 5.03. The molecule has 17 heavy (non-hydrogen) atoms. The fourth-order valence-corrected chi connectivity index (χ4v) is 1.36. The predicted molar refractivity (Wildman–Crippen MR) is 67.5 cm³/mol. The van der Waals surface area contributed by atoms with Crippen molar-refractivity contribution in [3.05, 3.63) is 33.3 Å². The van der Waals surface area contributed by atoms with Gasteiger partial charge in [-0.2, -0.15) is 0 Å². The summed E-state index contributed by atoms with van der Waals surface area (Å²) in [5, 5.41) is 23.2. The van der Waals surface area contributed by atoms with Crippen molar-refractivity contribution in [1.82, 2.24) is 0 Å². The molecule has 2 N–H and O–H groups in total. The first-order valence-electron chi connectivity index (χ1n) is 5.14. The highest BCUT2D eigenvalue weighted by Crippen LogP contribution is 2.28. The lowest BCUT2D eigenvalue weighted by molar-refractivity contribution is -0.383. The zero-order valence-electron chi connectivity index (χ0n) is 9.74. The van der Waals surface area contributed by atoms with Gasteiger partial charge < -0.3 is 10.4 Å². The third kappa shape index (κ3) is 3.87. The van der Waals surface area contributed by atoms with Crippen LogP contribution in [0.3, 0.4) is 0 Å². The zero-order chi connectivity index (χ0) is 13.1. The molecule has 0 aliphatic carbocycles. The maximum Gasteiger partial charge on any atom is 0.293 e. The van der Waals surface area contributed by atoms with E-state index in [2.05, 4.69) is 5.32 Å². The molecule has 0 radical (unpaired) electrons. The maximum atomic E-state index is 10.8. The van der Waals surface area contributed by atoms with E-state index in [1.54, 1.807) is 12.1 Å². The maximum absolute atomic E-state index is 10.8. The highest BCUT2D eigenvalue weighted by Gasteiger charge is 2.19. The van der Waals surface area contributed by atoms with E-state index in [9.17, 15) is 10.1 Å². The zero-order valence-corrected chi connectivity index (χ0v) is 10.5. The first-order valence-corrected chi connectivity index (χ1v) is 5.52. The molecular weight excluding hydrogens is 244 g/mol. The third-order valence-electron chi connectivity index (χ3n) is 2.34. The molecule has 5 nitrogen and oxygen atoms in total. The van der Waals surface area contributed by atoms with Gasteiger partial charge in [-0.15, -0.1) is 0 Å². The number of nitrogens with one attached hydrogen (secondary N) is 1. The molecule has 0 saturated heterocycles. The number of hydrogen-bond donors (Lipinski definition) is 2. The highest BCUT2D eigenvalue weighted by atomic mass is 35.5. The van der Waals surface area contributed by atoms with Gasteiger partial charge in [0.2, 0.25) is 0 Å². The van der Waals surface area contributed by atoms with Crippen molar-refractivity contribution in [3.8, 4) is 0 Å². The Morgan fingerprint density at radius 1 is 1.53 bits per heavy atom. The summed E-state index contributed by atoms with van der Waals surface area (Å²) in [5.41, 5.74) is 0.000190. The van der Waals surface area contributed by atoms with Gasteiger partial charge in [0.15, 0.2) is 0 Å². The minimum atomic E-state index is -0.486. The van der Waals surface area contributed by atoms with Crippen molar-refractivity contribution in [3.63, 3.8) is 0 Å². The van der Waals surface area contributed by atoms with Crippen LogP contribution in [0.5, 0.6) is 0 Å². The number of rotatable bonds is 5. The quantitative estimate of drug-likeness (QED) is 0.629. The first-order chi connectivity index (χ1) is 7.85. The fraction of sp³-hybridized carbons (Fsp3) is 0.455. The van der Waals surface area contributed by atoms with E-state index in [1.807, 2.05) is 13.8 Å². The molecule has 0 unspecified atom stereocenters. The van der Waals surface area contributed by atoms with Gasteiger partial charge in [0, 0.05) is 29.7 Å². The lowest BCUT2D eigenvalue weighted by Gasteiger charge is -2.22. The first kappa shape index (κ1) is 13.7. The van der Waals surface area contributed by atoms with Crippen LogP contribution < -0.4 is 5.32 Å². The molecule has 1 aromatic carbocycles. The number of hydrogen-bond acceptors (Lipinski definition) is 4. The Hall–Kier alpha value is -1.33. The molecule has 0 saturated carbocycles. The molecule has 0 atom stereocenters. The Labute approximate surface area is 105 Å². The average Bonchev–Trinajstić information content (AvgIpc) is 2.27. The summed E-state index contributed by atoms with van der Waals surface area (Å²) >= 11 is 5.71. The van der Waals surface area contributed by atoms with Crippen LogP contribution in [0.2, 0.25) is 5.02 Å². The van der Waals surface area contributed by atoms with E-state index in [4.69, 9.17) is 16.7 Å². The minimum Gasteiger partial charge on any atom is -0.396 e. The molecular formula is C11H15ClN2O3. The highest BCUT2D eigenvalue weighted by molar-refractivity contribution is 6.30. The van der Waals surface area contributed by atoms with Crippen molar-refractivity contribution in [2.24, 2.45) is 5.41 Å². The van der Waals surface area contributed by atoms with E-state index in [0.717, 1.165) is 0 Å². The van der Waals surface area contributed by atoms with Gasteiger partial charge in [0.1, 0.15) is 5.69 Å². The molecule has 94 valence electrons. The summed E-state index contributed by atoms with van der Waals surface area (Å²) in [5.74, 6) is 0. The van der Waals surface area contributed by atoms with Crippen LogP contribution in [0.25, 0.3) is 0 Å².